The minimum absolute atomic E-state index is 0.0381. The van der Waals surface area contributed by atoms with Crippen LogP contribution in [0.2, 0.25) is 0 Å². The van der Waals surface area contributed by atoms with E-state index < -0.39 is 0 Å². The molecule has 0 fully saturated rings. The highest BCUT2D eigenvalue weighted by molar-refractivity contribution is 5.97. The van der Waals surface area contributed by atoms with Crippen molar-refractivity contribution in [1.82, 2.24) is 0 Å². The second-order valence-electron chi connectivity index (χ2n) is 2.37. The largest absolute Gasteiger partial charge is 0.300 e. The van der Waals surface area contributed by atoms with Crippen LogP contribution >= 0.6 is 0 Å². The van der Waals surface area contributed by atoms with Gasteiger partial charge in [0.15, 0.2) is 0 Å². The molecule has 0 aliphatic rings. The van der Waals surface area contributed by atoms with Crippen molar-refractivity contribution in [3.63, 3.8) is 0 Å². The van der Waals surface area contributed by atoms with Gasteiger partial charge in [0.25, 0.3) is 0 Å². The van der Waals surface area contributed by atoms with Crippen LogP contribution in [0.25, 0.3) is 0 Å². The molecule has 0 saturated carbocycles. The SMILES string of the molecule is [CH2]CCCC(=O)CC(C)=O. The molecule has 0 aliphatic carbocycles. The molecule has 0 heterocycles. The smallest absolute Gasteiger partial charge is 0.140 e. The van der Waals surface area contributed by atoms with E-state index in [0.29, 0.717) is 6.42 Å². The molecule has 0 bridgehead atoms. The van der Waals surface area contributed by atoms with Crippen molar-refractivity contribution >= 4 is 11.6 Å². The zero-order valence-electron chi connectivity index (χ0n) is 6.35. The molecule has 2 heteroatoms. The molecule has 0 saturated heterocycles. The van der Waals surface area contributed by atoms with E-state index in [0.717, 1.165) is 12.8 Å². The Labute approximate surface area is 61.6 Å². The van der Waals surface area contributed by atoms with Crippen LogP contribution in [0.5, 0.6) is 0 Å². The van der Waals surface area contributed by atoms with Crippen molar-refractivity contribution < 1.29 is 9.59 Å². The average molecular weight is 141 g/mol. The summed E-state index contributed by atoms with van der Waals surface area (Å²) in [6.45, 7) is 5.03. The van der Waals surface area contributed by atoms with Crippen LogP contribution < -0.4 is 0 Å². The Hall–Kier alpha value is -0.660. The lowest BCUT2D eigenvalue weighted by atomic mass is 10.1. The lowest BCUT2D eigenvalue weighted by Gasteiger charge is -1.93. The highest BCUT2D eigenvalue weighted by Gasteiger charge is 2.02. The van der Waals surface area contributed by atoms with Crippen LogP contribution in [0.1, 0.15) is 32.6 Å². The number of hydrogen-bond acceptors (Lipinski definition) is 2. The van der Waals surface area contributed by atoms with Gasteiger partial charge in [-0.25, -0.2) is 0 Å². The van der Waals surface area contributed by atoms with Crippen molar-refractivity contribution in [3.05, 3.63) is 6.92 Å². The predicted octanol–water partition coefficient (Wildman–Crippen LogP) is 1.54. The molecule has 0 amide bonds. The first kappa shape index (κ1) is 9.34. The fourth-order valence-corrected chi connectivity index (χ4v) is 0.688. The Kier molecular flexibility index (Phi) is 4.81. The van der Waals surface area contributed by atoms with Crippen LogP contribution in [0.3, 0.4) is 0 Å². The maximum absolute atomic E-state index is 10.8. The number of Topliss-reactive ketones (excluding diaryl/α,β-unsaturated/α-hetero) is 2. The Morgan fingerprint density at radius 1 is 1.40 bits per heavy atom. The van der Waals surface area contributed by atoms with E-state index in [9.17, 15) is 9.59 Å². The van der Waals surface area contributed by atoms with Gasteiger partial charge in [0.1, 0.15) is 11.6 Å². The minimum Gasteiger partial charge on any atom is -0.300 e. The standard InChI is InChI=1S/C8H13O2/c1-3-4-5-8(10)6-7(2)9/h1,3-6H2,2H3. The Bertz CT molecular complexity index is 127. The van der Waals surface area contributed by atoms with Crippen LogP contribution in [0, 0.1) is 6.92 Å². The van der Waals surface area contributed by atoms with Gasteiger partial charge < -0.3 is 0 Å². The van der Waals surface area contributed by atoms with Crippen LogP contribution in [-0.4, -0.2) is 11.6 Å². The van der Waals surface area contributed by atoms with Crippen molar-refractivity contribution in [2.45, 2.75) is 32.6 Å². The van der Waals surface area contributed by atoms with Gasteiger partial charge >= 0.3 is 0 Å². The minimum atomic E-state index is -0.0472. The van der Waals surface area contributed by atoms with Gasteiger partial charge in [-0.15, -0.1) is 0 Å². The lowest BCUT2D eigenvalue weighted by Crippen LogP contribution is -2.03. The summed E-state index contributed by atoms with van der Waals surface area (Å²) in [6, 6.07) is 0. The monoisotopic (exact) mass is 141 g/mol. The molecule has 0 aromatic heterocycles. The maximum Gasteiger partial charge on any atom is 0.140 e. The third-order valence-corrected chi connectivity index (χ3v) is 1.15. The second-order valence-corrected chi connectivity index (χ2v) is 2.37. The summed E-state index contributed by atoms with van der Waals surface area (Å²) in [4.78, 5) is 21.1. The number of unbranched alkanes of at least 4 members (excludes halogenated alkanes) is 1. The van der Waals surface area contributed by atoms with E-state index >= 15 is 0 Å². The molecule has 0 N–H and O–H groups in total. The van der Waals surface area contributed by atoms with E-state index in [1.165, 1.54) is 6.92 Å². The van der Waals surface area contributed by atoms with Crippen LogP contribution in [0.15, 0.2) is 0 Å². The molecule has 0 spiro atoms. The highest BCUT2D eigenvalue weighted by atomic mass is 16.1. The van der Waals surface area contributed by atoms with Gasteiger partial charge in [0.05, 0.1) is 6.42 Å². The van der Waals surface area contributed by atoms with Crippen LogP contribution in [0.4, 0.5) is 0 Å². The molecule has 0 aromatic carbocycles. The van der Waals surface area contributed by atoms with Gasteiger partial charge in [0.2, 0.25) is 0 Å². The third kappa shape index (κ3) is 5.48. The molecule has 57 valence electrons. The zero-order chi connectivity index (χ0) is 7.98. The number of ketones is 2. The predicted molar refractivity (Wildman–Crippen MR) is 39.5 cm³/mol. The quantitative estimate of drug-likeness (QED) is 0.544. The van der Waals surface area contributed by atoms with E-state index in [-0.39, 0.29) is 18.0 Å². The molecule has 0 unspecified atom stereocenters. The summed E-state index contributed by atoms with van der Waals surface area (Å²) in [5, 5.41) is 0. The highest BCUT2D eigenvalue weighted by Crippen LogP contribution is 1.98. The molecule has 0 rings (SSSR count). The maximum atomic E-state index is 10.8. The zero-order valence-corrected chi connectivity index (χ0v) is 6.35. The van der Waals surface area contributed by atoms with E-state index in [4.69, 9.17) is 0 Å². The summed E-state index contributed by atoms with van der Waals surface area (Å²) in [5.41, 5.74) is 0. The number of carbonyl (C=O) groups is 2. The summed E-state index contributed by atoms with van der Waals surface area (Å²) in [5.74, 6) is -0.00906. The Morgan fingerprint density at radius 2 is 2.00 bits per heavy atom. The van der Waals surface area contributed by atoms with Crippen molar-refractivity contribution in [3.8, 4) is 0 Å². The normalized spacial score (nSPS) is 9.40. The van der Waals surface area contributed by atoms with Gasteiger partial charge in [-0.3, -0.25) is 9.59 Å². The van der Waals surface area contributed by atoms with E-state index in [2.05, 4.69) is 6.92 Å². The lowest BCUT2D eigenvalue weighted by molar-refractivity contribution is -0.125. The van der Waals surface area contributed by atoms with Crippen molar-refractivity contribution in [2.75, 3.05) is 0 Å². The summed E-state index contributed by atoms with van der Waals surface area (Å²) in [7, 11) is 0. The van der Waals surface area contributed by atoms with E-state index in [1.54, 1.807) is 0 Å². The molecule has 1 radical (unpaired) electrons. The molecular weight excluding hydrogens is 128 g/mol. The Balaban J connectivity index is 3.35. The van der Waals surface area contributed by atoms with E-state index in [1.807, 2.05) is 0 Å². The van der Waals surface area contributed by atoms with Gasteiger partial charge in [-0.2, -0.15) is 0 Å². The van der Waals surface area contributed by atoms with Crippen molar-refractivity contribution in [1.29, 1.82) is 0 Å². The summed E-state index contributed by atoms with van der Waals surface area (Å²) < 4.78 is 0. The number of hydrogen-bond donors (Lipinski definition) is 0. The first-order valence-electron chi connectivity index (χ1n) is 3.47. The first-order valence-corrected chi connectivity index (χ1v) is 3.47. The average Bonchev–Trinajstić information content (AvgIpc) is 1.82. The molecule has 10 heavy (non-hydrogen) atoms. The van der Waals surface area contributed by atoms with Gasteiger partial charge in [-0.05, 0) is 13.3 Å². The van der Waals surface area contributed by atoms with Gasteiger partial charge in [-0.1, -0.05) is 13.3 Å². The summed E-state index contributed by atoms with van der Waals surface area (Å²) in [6.07, 6.45) is 2.17. The molecule has 2 nitrogen and oxygen atoms in total. The van der Waals surface area contributed by atoms with Gasteiger partial charge in [0, 0.05) is 6.42 Å². The first-order chi connectivity index (χ1) is 4.66. The fourth-order valence-electron chi connectivity index (χ4n) is 0.688. The van der Waals surface area contributed by atoms with Crippen molar-refractivity contribution in [2.24, 2.45) is 0 Å². The number of rotatable bonds is 5. The molecular formula is C8H13O2. The Morgan fingerprint density at radius 3 is 2.40 bits per heavy atom. The summed E-state index contributed by atoms with van der Waals surface area (Å²) >= 11 is 0. The fraction of sp³-hybridized carbons (Fsp3) is 0.625. The molecule has 0 atom stereocenters. The molecule has 0 aromatic rings. The second kappa shape index (κ2) is 5.15. The third-order valence-electron chi connectivity index (χ3n) is 1.15. The number of carbonyl (C=O) groups excluding carboxylic acids is 2. The molecule has 0 aliphatic heterocycles. The van der Waals surface area contributed by atoms with Crippen LogP contribution in [-0.2, 0) is 9.59 Å². The topological polar surface area (TPSA) is 34.1 Å².